The van der Waals surface area contributed by atoms with Gasteiger partial charge in [-0.15, -0.1) is 11.3 Å². The summed E-state index contributed by atoms with van der Waals surface area (Å²) in [7, 11) is 0. The van der Waals surface area contributed by atoms with Gasteiger partial charge in [0, 0.05) is 17.6 Å². The summed E-state index contributed by atoms with van der Waals surface area (Å²) in [5, 5.41) is 7.51. The minimum atomic E-state index is -0.214. The number of rotatable bonds is 6. The van der Waals surface area contributed by atoms with Crippen molar-refractivity contribution in [3.05, 3.63) is 16.1 Å². The van der Waals surface area contributed by atoms with Crippen molar-refractivity contribution in [1.82, 2.24) is 15.6 Å². The molecular formula is C15H25N3OS. The number of amides is 1. The highest BCUT2D eigenvalue weighted by atomic mass is 32.1. The molecule has 1 fully saturated rings. The second-order valence-corrected chi connectivity index (χ2v) is 6.82. The van der Waals surface area contributed by atoms with Gasteiger partial charge in [0.25, 0.3) is 0 Å². The van der Waals surface area contributed by atoms with Crippen LogP contribution in [0, 0.1) is 5.41 Å². The van der Waals surface area contributed by atoms with Crippen LogP contribution in [-0.2, 0) is 11.2 Å². The quantitative estimate of drug-likeness (QED) is 0.848. The molecule has 2 unspecified atom stereocenters. The summed E-state index contributed by atoms with van der Waals surface area (Å²) in [6.45, 7) is 8.04. The number of thiazole rings is 1. The van der Waals surface area contributed by atoms with Crippen LogP contribution in [0.25, 0.3) is 0 Å². The normalized spacial score (nSPS) is 23.8. The Morgan fingerprint density at radius 3 is 2.95 bits per heavy atom. The second-order valence-electron chi connectivity index (χ2n) is 5.67. The summed E-state index contributed by atoms with van der Waals surface area (Å²) in [4.78, 5) is 18.3. The van der Waals surface area contributed by atoms with Crippen LogP contribution in [0.5, 0.6) is 0 Å². The number of carbonyl (C=O) groups excluding carboxylic acids is 1. The average Bonchev–Trinajstić information content (AvgIpc) is 3.08. The summed E-state index contributed by atoms with van der Waals surface area (Å²) >= 11 is 1.70. The first-order chi connectivity index (χ1) is 9.61. The number of aromatic nitrogens is 1. The van der Waals surface area contributed by atoms with Crippen LogP contribution in [0.1, 0.15) is 56.0 Å². The third kappa shape index (κ3) is 3.20. The lowest BCUT2D eigenvalue weighted by Gasteiger charge is -2.28. The Bertz CT molecular complexity index is 452. The predicted octanol–water partition coefficient (Wildman–Crippen LogP) is 2.66. The Balaban J connectivity index is 2.02. The van der Waals surface area contributed by atoms with Gasteiger partial charge in [-0.25, -0.2) is 4.98 Å². The Morgan fingerprint density at radius 2 is 2.40 bits per heavy atom. The van der Waals surface area contributed by atoms with Crippen LogP contribution in [-0.4, -0.2) is 24.0 Å². The molecule has 1 aliphatic rings. The van der Waals surface area contributed by atoms with E-state index in [9.17, 15) is 4.79 Å². The number of carbonyl (C=O) groups is 1. The zero-order valence-corrected chi connectivity index (χ0v) is 13.5. The zero-order chi connectivity index (χ0) is 14.6. The van der Waals surface area contributed by atoms with E-state index >= 15 is 0 Å². The van der Waals surface area contributed by atoms with Crippen LogP contribution in [0.15, 0.2) is 6.20 Å². The molecule has 20 heavy (non-hydrogen) atoms. The van der Waals surface area contributed by atoms with Crippen molar-refractivity contribution in [1.29, 1.82) is 0 Å². The molecule has 1 saturated heterocycles. The van der Waals surface area contributed by atoms with Crippen LogP contribution < -0.4 is 10.6 Å². The first-order valence-electron chi connectivity index (χ1n) is 7.57. The van der Waals surface area contributed by atoms with E-state index in [0.717, 1.165) is 43.8 Å². The Morgan fingerprint density at radius 1 is 1.60 bits per heavy atom. The molecule has 0 radical (unpaired) electrons. The van der Waals surface area contributed by atoms with Gasteiger partial charge in [0.1, 0.15) is 5.01 Å². The monoisotopic (exact) mass is 295 g/mol. The fraction of sp³-hybridized carbons (Fsp3) is 0.733. The lowest BCUT2D eigenvalue weighted by molar-refractivity contribution is -0.131. The SMILES string of the molecule is CCCC1(C(=O)NC(C)c2ncc(CC)s2)CCNC1. The molecule has 2 N–H and O–H groups in total. The third-order valence-corrected chi connectivity index (χ3v) is 5.42. The molecule has 0 aliphatic carbocycles. The van der Waals surface area contributed by atoms with E-state index < -0.39 is 0 Å². The number of aryl methyl sites for hydroxylation is 1. The van der Waals surface area contributed by atoms with Crippen molar-refractivity contribution in [2.24, 2.45) is 5.41 Å². The molecule has 4 nitrogen and oxygen atoms in total. The number of nitrogens with one attached hydrogen (secondary N) is 2. The molecule has 0 bridgehead atoms. The van der Waals surface area contributed by atoms with Gasteiger partial charge in [0.05, 0.1) is 11.5 Å². The van der Waals surface area contributed by atoms with Crippen molar-refractivity contribution in [3.63, 3.8) is 0 Å². The molecule has 0 spiro atoms. The van der Waals surface area contributed by atoms with Crippen molar-refractivity contribution in [2.75, 3.05) is 13.1 Å². The predicted molar refractivity (Wildman–Crippen MR) is 82.9 cm³/mol. The zero-order valence-electron chi connectivity index (χ0n) is 12.7. The summed E-state index contributed by atoms with van der Waals surface area (Å²) < 4.78 is 0. The summed E-state index contributed by atoms with van der Waals surface area (Å²) in [6.07, 6.45) is 5.86. The van der Waals surface area contributed by atoms with E-state index in [4.69, 9.17) is 0 Å². The largest absolute Gasteiger partial charge is 0.347 e. The van der Waals surface area contributed by atoms with Crippen molar-refractivity contribution in [3.8, 4) is 0 Å². The summed E-state index contributed by atoms with van der Waals surface area (Å²) in [5.74, 6) is 0.185. The number of nitrogens with zero attached hydrogens (tertiary/aromatic N) is 1. The first kappa shape index (κ1) is 15.4. The molecule has 0 aromatic carbocycles. The van der Waals surface area contributed by atoms with Crippen molar-refractivity contribution in [2.45, 2.75) is 52.5 Å². The van der Waals surface area contributed by atoms with Crippen molar-refractivity contribution >= 4 is 17.2 Å². The minimum absolute atomic E-state index is 0.00197. The number of hydrogen-bond donors (Lipinski definition) is 2. The van der Waals surface area contributed by atoms with Gasteiger partial charge >= 0.3 is 0 Å². The van der Waals surface area contributed by atoms with Crippen LogP contribution in [0.4, 0.5) is 0 Å². The summed E-state index contributed by atoms with van der Waals surface area (Å²) in [5.41, 5.74) is -0.214. The van der Waals surface area contributed by atoms with E-state index in [2.05, 4.69) is 29.5 Å². The third-order valence-electron chi connectivity index (χ3n) is 4.09. The molecule has 2 atom stereocenters. The highest BCUT2D eigenvalue weighted by Gasteiger charge is 2.40. The van der Waals surface area contributed by atoms with E-state index in [-0.39, 0.29) is 17.4 Å². The molecule has 1 amide bonds. The van der Waals surface area contributed by atoms with Crippen LogP contribution >= 0.6 is 11.3 Å². The van der Waals surface area contributed by atoms with E-state index in [1.807, 2.05) is 13.1 Å². The lowest BCUT2D eigenvalue weighted by atomic mass is 9.81. The molecule has 5 heteroatoms. The van der Waals surface area contributed by atoms with E-state index in [1.54, 1.807) is 11.3 Å². The molecule has 2 heterocycles. The van der Waals surface area contributed by atoms with E-state index in [1.165, 1.54) is 4.88 Å². The van der Waals surface area contributed by atoms with Gasteiger partial charge in [-0.1, -0.05) is 20.3 Å². The van der Waals surface area contributed by atoms with Gasteiger partial charge in [-0.05, 0) is 32.7 Å². The fourth-order valence-corrected chi connectivity index (χ4v) is 3.70. The average molecular weight is 295 g/mol. The minimum Gasteiger partial charge on any atom is -0.347 e. The summed E-state index contributed by atoms with van der Waals surface area (Å²) in [6, 6.07) is 0.00197. The van der Waals surface area contributed by atoms with Gasteiger partial charge in [0.15, 0.2) is 0 Å². The maximum Gasteiger partial charge on any atom is 0.228 e. The lowest BCUT2D eigenvalue weighted by Crippen LogP contribution is -2.43. The van der Waals surface area contributed by atoms with Crippen molar-refractivity contribution < 1.29 is 4.79 Å². The molecule has 0 saturated carbocycles. The molecule has 112 valence electrons. The fourth-order valence-electron chi connectivity index (χ4n) is 2.84. The highest BCUT2D eigenvalue weighted by molar-refractivity contribution is 7.11. The standard InChI is InChI=1S/C15H25N3OS/c1-4-6-15(7-8-16-10-15)14(19)18-11(3)13-17-9-12(5-2)20-13/h9,11,16H,4-8,10H2,1-3H3,(H,18,19). The Labute approximate surface area is 125 Å². The Hall–Kier alpha value is -0.940. The molecule has 1 aromatic heterocycles. The molecular weight excluding hydrogens is 270 g/mol. The highest BCUT2D eigenvalue weighted by Crippen LogP contribution is 2.32. The number of hydrogen-bond acceptors (Lipinski definition) is 4. The van der Waals surface area contributed by atoms with Gasteiger partial charge in [-0.2, -0.15) is 0 Å². The first-order valence-corrected chi connectivity index (χ1v) is 8.39. The Kier molecular flexibility index (Phi) is 5.16. The maximum absolute atomic E-state index is 12.6. The van der Waals surface area contributed by atoms with Gasteiger partial charge < -0.3 is 10.6 Å². The topological polar surface area (TPSA) is 54.0 Å². The van der Waals surface area contributed by atoms with Gasteiger partial charge in [-0.3, -0.25) is 4.79 Å². The second kappa shape index (κ2) is 6.68. The van der Waals surface area contributed by atoms with E-state index in [0.29, 0.717) is 0 Å². The van der Waals surface area contributed by atoms with Gasteiger partial charge in [0.2, 0.25) is 5.91 Å². The molecule has 2 rings (SSSR count). The smallest absolute Gasteiger partial charge is 0.228 e. The maximum atomic E-state index is 12.6. The van der Waals surface area contributed by atoms with Crippen LogP contribution in [0.3, 0.4) is 0 Å². The molecule has 1 aromatic rings. The molecule has 1 aliphatic heterocycles. The van der Waals surface area contributed by atoms with Crippen LogP contribution in [0.2, 0.25) is 0 Å².